The van der Waals surface area contributed by atoms with Gasteiger partial charge in [-0.15, -0.1) is 0 Å². The van der Waals surface area contributed by atoms with E-state index in [0.29, 0.717) is 30.9 Å². The second-order valence-corrected chi connectivity index (χ2v) is 6.17. The molecule has 0 spiro atoms. The molecule has 0 bridgehead atoms. The molecule has 0 heterocycles. The Bertz CT molecular complexity index is 757. The molecular weight excluding hydrogens is 362 g/mol. The number of aliphatic hydroxyl groups is 1. The number of benzene rings is 2. The first-order valence-corrected chi connectivity index (χ1v) is 9.09. The standard InChI is InChI=1S/C21H25NO6/c1-2-27-17-7-3-15(4-8-17)11-12-22-20(24)14-28-18-9-5-16(6-10-18)13-19(23)21(25)26/h3-10,19,23H,2,11-14H2,1H3,(H,22,24)(H,25,26)/t19-/m0/s1. The van der Waals surface area contributed by atoms with Crippen LogP contribution in [-0.4, -0.2) is 48.0 Å². The van der Waals surface area contributed by atoms with Gasteiger partial charge in [0.2, 0.25) is 0 Å². The quantitative estimate of drug-likeness (QED) is 0.543. The molecule has 0 aromatic heterocycles. The van der Waals surface area contributed by atoms with Gasteiger partial charge in [-0.3, -0.25) is 4.79 Å². The van der Waals surface area contributed by atoms with Crippen LogP contribution in [0.25, 0.3) is 0 Å². The van der Waals surface area contributed by atoms with Crippen LogP contribution >= 0.6 is 0 Å². The zero-order valence-corrected chi connectivity index (χ0v) is 15.8. The molecule has 7 heteroatoms. The van der Waals surface area contributed by atoms with Crippen LogP contribution in [0.2, 0.25) is 0 Å². The number of hydrogen-bond donors (Lipinski definition) is 3. The van der Waals surface area contributed by atoms with E-state index in [2.05, 4.69) is 5.32 Å². The minimum Gasteiger partial charge on any atom is -0.494 e. The lowest BCUT2D eigenvalue weighted by molar-refractivity contribution is -0.146. The second kappa shape index (κ2) is 10.9. The highest BCUT2D eigenvalue weighted by Gasteiger charge is 2.13. The number of hydrogen-bond acceptors (Lipinski definition) is 5. The maximum absolute atomic E-state index is 11.9. The summed E-state index contributed by atoms with van der Waals surface area (Å²) in [5.74, 6) is -0.166. The highest BCUT2D eigenvalue weighted by atomic mass is 16.5. The first-order chi connectivity index (χ1) is 13.5. The van der Waals surface area contributed by atoms with Crippen LogP contribution < -0.4 is 14.8 Å². The van der Waals surface area contributed by atoms with Crippen molar-refractivity contribution in [2.24, 2.45) is 0 Å². The summed E-state index contributed by atoms with van der Waals surface area (Å²) >= 11 is 0. The second-order valence-electron chi connectivity index (χ2n) is 6.17. The van der Waals surface area contributed by atoms with E-state index < -0.39 is 12.1 Å². The Kier molecular flexibility index (Phi) is 8.30. The van der Waals surface area contributed by atoms with Crippen LogP contribution in [0, 0.1) is 0 Å². The molecule has 0 aliphatic heterocycles. The molecule has 2 aromatic carbocycles. The molecule has 0 fully saturated rings. The monoisotopic (exact) mass is 387 g/mol. The van der Waals surface area contributed by atoms with Gasteiger partial charge in [0, 0.05) is 13.0 Å². The van der Waals surface area contributed by atoms with E-state index in [1.807, 2.05) is 31.2 Å². The Hall–Kier alpha value is -3.06. The summed E-state index contributed by atoms with van der Waals surface area (Å²) in [7, 11) is 0. The summed E-state index contributed by atoms with van der Waals surface area (Å²) in [5, 5.41) is 20.8. The number of carbonyl (C=O) groups is 2. The molecule has 0 saturated heterocycles. The lowest BCUT2D eigenvalue weighted by Crippen LogP contribution is -2.30. The number of nitrogens with one attached hydrogen (secondary N) is 1. The number of amides is 1. The van der Waals surface area contributed by atoms with Gasteiger partial charge in [0.25, 0.3) is 5.91 Å². The van der Waals surface area contributed by atoms with E-state index in [1.54, 1.807) is 24.3 Å². The SMILES string of the molecule is CCOc1ccc(CCNC(=O)COc2ccc(C[C@H](O)C(=O)O)cc2)cc1. The molecule has 2 aromatic rings. The lowest BCUT2D eigenvalue weighted by Gasteiger charge is -2.09. The van der Waals surface area contributed by atoms with Crippen LogP contribution in [0.15, 0.2) is 48.5 Å². The van der Waals surface area contributed by atoms with E-state index in [9.17, 15) is 14.7 Å². The van der Waals surface area contributed by atoms with Crippen molar-refractivity contribution in [3.63, 3.8) is 0 Å². The van der Waals surface area contributed by atoms with E-state index >= 15 is 0 Å². The van der Waals surface area contributed by atoms with Gasteiger partial charge in [-0.2, -0.15) is 0 Å². The van der Waals surface area contributed by atoms with Crippen molar-refractivity contribution in [2.75, 3.05) is 19.8 Å². The molecule has 2 rings (SSSR count). The van der Waals surface area contributed by atoms with Gasteiger partial charge < -0.3 is 25.0 Å². The van der Waals surface area contributed by atoms with Gasteiger partial charge in [0.1, 0.15) is 11.5 Å². The Morgan fingerprint density at radius 2 is 1.54 bits per heavy atom. The largest absolute Gasteiger partial charge is 0.494 e. The van der Waals surface area contributed by atoms with Crippen molar-refractivity contribution in [1.82, 2.24) is 5.32 Å². The van der Waals surface area contributed by atoms with Gasteiger partial charge >= 0.3 is 5.97 Å². The number of carboxylic acid groups (broad SMARTS) is 1. The smallest absolute Gasteiger partial charge is 0.332 e. The van der Waals surface area contributed by atoms with Crippen molar-refractivity contribution >= 4 is 11.9 Å². The highest BCUT2D eigenvalue weighted by molar-refractivity contribution is 5.77. The summed E-state index contributed by atoms with van der Waals surface area (Å²) in [6, 6.07) is 14.3. The predicted molar refractivity (Wildman–Crippen MR) is 104 cm³/mol. The fourth-order valence-corrected chi connectivity index (χ4v) is 2.50. The molecule has 0 radical (unpaired) electrons. The van der Waals surface area contributed by atoms with Gasteiger partial charge in [-0.25, -0.2) is 4.79 Å². The van der Waals surface area contributed by atoms with Crippen LogP contribution in [0.4, 0.5) is 0 Å². The lowest BCUT2D eigenvalue weighted by atomic mass is 10.1. The van der Waals surface area contributed by atoms with E-state index in [1.165, 1.54) is 0 Å². The van der Waals surface area contributed by atoms with Crippen LogP contribution in [0.1, 0.15) is 18.1 Å². The molecule has 1 amide bonds. The van der Waals surface area contributed by atoms with Gasteiger partial charge in [-0.05, 0) is 48.7 Å². The maximum atomic E-state index is 11.9. The van der Waals surface area contributed by atoms with E-state index in [0.717, 1.165) is 11.3 Å². The fourth-order valence-electron chi connectivity index (χ4n) is 2.50. The number of aliphatic hydroxyl groups excluding tert-OH is 1. The van der Waals surface area contributed by atoms with Crippen LogP contribution in [0.5, 0.6) is 11.5 Å². The van der Waals surface area contributed by atoms with Crippen LogP contribution in [0.3, 0.4) is 0 Å². The number of aliphatic carboxylic acids is 1. The molecule has 0 aliphatic rings. The molecule has 0 unspecified atom stereocenters. The third-order valence-electron chi connectivity index (χ3n) is 3.98. The Balaban J connectivity index is 1.68. The molecule has 3 N–H and O–H groups in total. The van der Waals surface area contributed by atoms with Crippen molar-refractivity contribution in [3.05, 3.63) is 59.7 Å². The molecule has 7 nitrogen and oxygen atoms in total. The number of carbonyl (C=O) groups excluding carboxylic acids is 1. The predicted octanol–water partition coefficient (Wildman–Crippen LogP) is 1.81. The highest BCUT2D eigenvalue weighted by Crippen LogP contribution is 2.14. The summed E-state index contributed by atoms with van der Waals surface area (Å²) in [4.78, 5) is 22.5. The first-order valence-electron chi connectivity index (χ1n) is 9.09. The molecule has 0 saturated carbocycles. The Labute approximate surface area is 163 Å². The van der Waals surface area contributed by atoms with Gasteiger partial charge in [0.15, 0.2) is 12.7 Å². The van der Waals surface area contributed by atoms with E-state index in [-0.39, 0.29) is 18.9 Å². The maximum Gasteiger partial charge on any atom is 0.332 e. The third-order valence-corrected chi connectivity index (χ3v) is 3.98. The average molecular weight is 387 g/mol. The third kappa shape index (κ3) is 7.28. The average Bonchev–Trinajstić information content (AvgIpc) is 2.69. The number of ether oxygens (including phenoxy) is 2. The zero-order valence-electron chi connectivity index (χ0n) is 15.8. The van der Waals surface area contributed by atoms with Gasteiger partial charge in [0.05, 0.1) is 6.61 Å². The minimum atomic E-state index is -1.44. The van der Waals surface area contributed by atoms with Crippen LogP contribution in [-0.2, 0) is 22.4 Å². The van der Waals surface area contributed by atoms with E-state index in [4.69, 9.17) is 14.6 Å². The molecule has 1 atom stereocenters. The zero-order chi connectivity index (χ0) is 20.4. The summed E-state index contributed by atoms with van der Waals surface area (Å²) in [5.41, 5.74) is 1.77. The van der Waals surface area contributed by atoms with Gasteiger partial charge in [-0.1, -0.05) is 24.3 Å². The minimum absolute atomic E-state index is 0.0155. The molecule has 150 valence electrons. The number of rotatable bonds is 11. The van der Waals surface area contributed by atoms with Crippen molar-refractivity contribution in [2.45, 2.75) is 25.9 Å². The number of carboxylic acids is 1. The van der Waals surface area contributed by atoms with Crippen molar-refractivity contribution < 1.29 is 29.3 Å². The molecule has 28 heavy (non-hydrogen) atoms. The summed E-state index contributed by atoms with van der Waals surface area (Å²) in [6.07, 6.45) is -0.714. The Morgan fingerprint density at radius 3 is 2.11 bits per heavy atom. The van der Waals surface area contributed by atoms with Crippen molar-refractivity contribution in [1.29, 1.82) is 0 Å². The Morgan fingerprint density at radius 1 is 0.964 bits per heavy atom. The normalized spacial score (nSPS) is 11.5. The summed E-state index contributed by atoms with van der Waals surface area (Å²) < 4.78 is 10.8. The first kappa shape index (κ1) is 21.2. The summed E-state index contributed by atoms with van der Waals surface area (Å²) in [6.45, 7) is 2.95. The fraction of sp³-hybridized carbons (Fsp3) is 0.333. The topological polar surface area (TPSA) is 105 Å². The molecular formula is C21H25NO6. The van der Waals surface area contributed by atoms with Crippen molar-refractivity contribution in [3.8, 4) is 11.5 Å². The molecule has 0 aliphatic carbocycles.